The van der Waals surface area contributed by atoms with Gasteiger partial charge in [-0.2, -0.15) is 0 Å². The number of nitrogens with one attached hydrogen (secondary N) is 1. The summed E-state index contributed by atoms with van der Waals surface area (Å²) >= 11 is 0. The zero-order chi connectivity index (χ0) is 23.3. The largest absolute Gasteiger partial charge is 0.341 e. The van der Waals surface area contributed by atoms with Crippen molar-refractivity contribution in [2.24, 2.45) is 5.92 Å². The Balaban J connectivity index is 1.62. The number of benzene rings is 2. The van der Waals surface area contributed by atoms with Crippen LogP contribution < -0.4 is 4.72 Å². The molecule has 0 spiro atoms. The zero-order valence-electron chi connectivity index (χ0n) is 17.2. The van der Waals surface area contributed by atoms with Crippen LogP contribution in [0.25, 0.3) is 11.1 Å². The van der Waals surface area contributed by atoms with Gasteiger partial charge in [-0.15, -0.1) is 0 Å². The van der Waals surface area contributed by atoms with E-state index in [4.69, 9.17) is 0 Å². The van der Waals surface area contributed by atoms with Crippen LogP contribution in [0.5, 0.6) is 0 Å². The molecule has 2 aliphatic rings. The van der Waals surface area contributed by atoms with Gasteiger partial charge in [-0.05, 0) is 36.1 Å². The molecule has 2 fully saturated rings. The molecule has 2 aromatic carbocycles. The maximum Gasteiger partial charge on any atom is 0.268 e. The van der Waals surface area contributed by atoms with Crippen molar-refractivity contribution in [2.75, 3.05) is 19.3 Å². The van der Waals surface area contributed by atoms with Crippen molar-refractivity contribution < 1.29 is 30.8 Å². The summed E-state index contributed by atoms with van der Waals surface area (Å²) in [6.45, 7) is 0.235. The van der Waals surface area contributed by atoms with E-state index in [1.807, 2.05) is 0 Å². The van der Waals surface area contributed by atoms with Gasteiger partial charge in [0.2, 0.25) is 15.9 Å². The number of nitrogens with zero attached hydrogens (tertiary/aromatic N) is 1. The molecule has 0 aromatic heterocycles. The van der Waals surface area contributed by atoms with Crippen molar-refractivity contribution in [2.45, 2.75) is 30.7 Å². The minimum absolute atomic E-state index is 0.00247. The summed E-state index contributed by atoms with van der Waals surface area (Å²) in [5.74, 6) is -9.12. The first-order valence-electron chi connectivity index (χ1n) is 10.2. The average molecular weight is 470 g/mol. The van der Waals surface area contributed by atoms with E-state index in [1.54, 1.807) is 0 Å². The Bertz CT molecular complexity index is 1140. The molecule has 0 bridgehead atoms. The fourth-order valence-electron chi connectivity index (χ4n) is 4.54. The van der Waals surface area contributed by atoms with Gasteiger partial charge in [0.1, 0.15) is 17.6 Å². The molecule has 4 rings (SSSR count). The molecule has 1 saturated carbocycles. The van der Waals surface area contributed by atoms with E-state index in [-0.39, 0.29) is 24.2 Å². The molecule has 32 heavy (non-hydrogen) atoms. The minimum Gasteiger partial charge on any atom is -0.341 e. The highest BCUT2D eigenvalue weighted by Gasteiger charge is 2.73. The second-order valence-electron chi connectivity index (χ2n) is 8.33. The Morgan fingerprint density at radius 3 is 2.41 bits per heavy atom. The van der Waals surface area contributed by atoms with Gasteiger partial charge < -0.3 is 4.90 Å². The summed E-state index contributed by atoms with van der Waals surface area (Å²) in [4.78, 5) is 14.2. The number of likely N-dealkylation sites (tertiary alicyclic amines) is 1. The zero-order valence-corrected chi connectivity index (χ0v) is 18.0. The van der Waals surface area contributed by atoms with Crippen LogP contribution in [0.15, 0.2) is 42.5 Å². The molecule has 3 atom stereocenters. The van der Waals surface area contributed by atoms with Crippen molar-refractivity contribution in [1.82, 2.24) is 9.62 Å². The topological polar surface area (TPSA) is 66.5 Å². The summed E-state index contributed by atoms with van der Waals surface area (Å²) in [5.41, 5.74) is -0.423. The fraction of sp³-hybridized carbons (Fsp3) is 0.409. The van der Waals surface area contributed by atoms with Crippen molar-refractivity contribution in [3.05, 3.63) is 59.7 Å². The third-order valence-corrected chi connectivity index (χ3v) is 6.72. The highest BCUT2D eigenvalue weighted by atomic mass is 32.2. The molecule has 1 saturated heterocycles. The highest BCUT2D eigenvalue weighted by molar-refractivity contribution is 7.88. The van der Waals surface area contributed by atoms with Crippen LogP contribution in [0, 0.1) is 17.6 Å². The molecule has 0 radical (unpaired) electrons. The Morgan fingerprint density at radius 1 is 1.09 bits per heavy atom. The van der Waals surface area contributed by atoms with Gasteiger partial charge in [0.05, 0.1) is 17.7 Å². The Hall–Kier alpha value is -2.46. The van der Waals surface area contributed by atoms with Crippen molar-refractivity contribution in [3.63, 3.8) is 0 Å². The van der Waals surface area contributed by atoms with Gasteiger partial charge in [0.15, 0.2) is 0 Å². The van der Waals surface area contributed by atoms with Crippen molar-refractivity contribution >= 4 is 15.9 Å². The molecular formula is C22H22F4N2O3S. The smallest absolute Gasteiger partial charge is 0.268 e. The molecule has 0 unspecified atom stereocenters. The van der Waals surface area contributed by atoms with Crippen LogP contribution in [0.1, 0.15) is 24.3 Å². The summed E-state index contributed by atoms with van der Waals surface area (Å²) in [6.07, 6.45) is 1.97. The second-order valence-corrected chi connectivity index (χ2v) is 10.1. The van der Waals surface area contributed by atoms with Gasteiger partial charge >= 0.3 is 0 Å². The van der Waals surface area contributed by atoms with E-state index in [2.05, 4.69) is 4.72 Å². The van der Waals surface area contributed by atoms with Gasteiger partial charge in [-0.1, -0.05) is 30.3 Å². The van der Waals surface area contributed by atoms with Gasteiger partial charge in [0.25, 0.3) is 5.92 Å². The van der Waals surface area contributed by atoms with Gasteiger partial charge in [-0.3, -0.25) is 4.79 Å². The number of carbonyl (C=O) groups is 1. The summed E-state index contributed by atoms with van der Waals surface area (Å²) < 4.78 is 83.9. The van der Waals surface area contributed by atoms with Gasteiger partial charge in [0, 0.05) is 19.1 Å². The van der Waals surface area contributed by atoms with Crippen LogP contribution in [0.3, 0.4) is 0 Å². The van der Waals surface area contributed by atoms with Gasteiger partial charge in [-0.25, -0.2) is 30.7 Å². The first-order chi connectivity index (χ1) is 15.0. The first-order valence-corrected chi connectivity index (χ1v) is 12.1. The van der Waals surface area contributed by atoms with E-state index in [0.717, 1.165) is 18.4 Å². The molecular weight excluding hydrogens is 448 g/mol. The summed E-state index contributed by atoms with van der Waals surface area (Å²) in [7, 11) is -3.51. The summed E-state index contributed by atoms with van der Waals surface area (Å²) in [6, 6.07) is 8.43. The lowest BCUT2D eigenvalue weighted by atomic mass is 9.94. The second kappa shape index (κ2) is 8.15. The molecule has 1 heterocycles. The molecule has 10 heteroatoms. The normalized spacial score (nSPS) is 24.9. The number of halogens is 4. The van der Waals surface area contributed by atoms with E-state index >= 15 is 0 Å². The number of carbonyl (C=O) groups excluding carboxylic acids is 1. The number of alkyl halides is 2. The SMILES string of the molecule is CS(=O)(=O)N[C@H]1CCCN(C(=O)[C@H]2[C@H](c3ccccc3-c3c(F)cccc3F)C2(F)F)C1. The highest BCUT2D eigenvalue weighted by Crippen LogP contribution is 2.63. The Morgan fingerprint density at radius 2 is 1.75 bits per heavy atom. The number of hydrogen-bond donors (Lipinski definition) is 1. The lowest BCUT2D eigenvalue weighted by Crippen LogP contribution is -2.50. The molecule has 1 N–H and O–H groups in total. The monoisotopic (exact) mass is 470 g/mol. The number of amides is 1. The maximum absolute atomic E-state index is 14.9. The minimum atomic E-state index is -3.51. The van der Waals surface area contributed by atoms with E-state index < -0.39 is 56.9 Å². The van der Waals surface area contributed by atoms with Crippen LogP contribution in [0.2, 0.25) is 0 Å². The number of piperidine rings is 1. The summed E-state index contributed by atoms with van der Waals surface area (Å²) in [5, 5.41) is 0. The molecule has 1 aliphatic heterocycles. The Kier molecular flexibility index (Phi) is 5.79. The molecule has 172 valence electrons. The third-order valence-electron chi connectivity index (χ3n) is 5.96. The van der Waals surface area contributed by atoms with Crippen LogP contribution in [0.4, 0.5) is 17.6 Å². The molecule has 5 nitrogen and oxygen atoms in total. The first kappa shape index (κ1) is 22.7. The van der Waals surface area contributed by atoms with Crippen LogP contribution in [-0.4, -0.2) is 50.5 Å². The molecule has 1 aliphatic carbocycles. The number of sulfonamides is 1. The third kappa shape index (κ3) is 4.25. The van der Waals surface area contributed by atoms with Crippen molar-refractivity contribution in [1.29, 1.82) is 0 Å². The van der Waals surface area contributed by atoms with Crippen LogP contribution in [-0.2, 0) is 14.8 Å². The average Bonchev–Trinajstić information content (AvgIpc) is 3.28. The molecule has 1 amide bonds. The lowest BCUT2D eigenvalue weighted by Gasteiger charge is -2.33. The Labute approximate surface area is 183 Å². The standard InChI is InChI=1S/C22H22F4N2O3S/c1-32(30,31)27-13-6-5-11-28(12-13)21(29)20-19(22(20,25)26)15-8-3-2-7-14(15)18-16(23)9-4-10-17(18)24/h2-4,7-10,13,19-20,27H,5-6,11-12H2,1H3/t13-,19-,20+/m0/s1. The maximum atomic E-state index is 14.9. The lowest BCUT2D eigenvalue weighted by molar-refractivity contribution is -0.136. The number of hydrogen-bond acceptors (Lipinski definition) is 3. The number of rotatable bonds is 5. The quantitative estimate of drug-likeness (QED) is 0.680. The van der Waals surface area contributed by atoms with E-state index in [9.17, 15) is 30.8 Å². The predicted molar refractivity (Wildman–Crippen MR) is 111 cm³/mol. The van der Waals surface area contributed by atoms with E-state index in [1.165, 1.54) is 35.2 Å². The fourth-order valence-corrected chi connectivity index (χ4v) is 5.34. The van der Waals surface area contributed by atoms with Crippen molar-refractivity contribution in [3.8, 4) is 11.1 Å². The molecule has 2 aromatic rings. The van der Waals surface area contributed by atoms with Crippen LogP contribution >= 0.6 is 0 Å². The van der Waals surface area contributed by atoms with E-state index in [0.29, 0.717) is 12.8 Å². The predicted octanol–water partition coefficient (Wildman–Crippen LogP) is 3.52.